The van der Waals surface area contributed by atoms with Gasteiger partial charge in [0.15, 0.2) is 9.84 Å². The molecule has 2 rings (SSSR count). The summed E-state index contributed by atoms with van der Waals surface area (Å²) in [5.41, 5.74) is 5.92. The molecule has 20 heavy (non-hydrogen) atoms. The molecule has 1 saturated heterocycles. The van der Waals surface area contributed by atoms with Crippen LogP contribution in [-0.2, 0) is 14.6 Å². The van der Waals surface area contributed by atoms with Crippen molar-refractivity contribution < 1.29 is 13.2 Å². The lowest BCUT2D eigenvalue weighted by molar-refractivity contribution is -0.132. The Bertz CT molecular complexity index is 495. The van der Waals surface area contributed by atoms with Gasteiger partial charge in [0.2, 0.25) is 5.91 Å². The van der Waals surface area contributed by atoms with Crippen molar-refractivity contribution in [2.45, 2.75) is 52.6 Å². The average Bonchev–Trinajstić information content (AvgIpc) is 2.64. The Kier molecular flexibility index (Phi) is 3.70. The van der Waals surface area contributed by atoms with Gasteiger partial charge in [-0.2, -0.15) is 0 Å². The minimum Gasteiger partial charge on any atom is -0.352 e. The molecule has 0 spiro atoms. The highest BCUT2D eigenvalue weighted by Gasteiger charge is 2.60. The maximum atomic E-state index is 12.1. The summed E-state index contributed by atoms with van der Waals surface area (Å²) in [5, 5.41) is 3.07. The van der Waals surface area contributed by atoms with Crippen LogP contribution >= 0.6 is 0 Å². The summed E-state index contributed by atoms with van der Waals surface area (Å²) in [6, 6.07) is 0.0858. The largest absolute Gasteiger partial charge is 0.352 e. The van der Waals surface area contributed by atoms with Crippen LogP contribution in [0.1, 0.15) is 40.5 Å². The third-order valence-electron chi connectivity index (χ3n) is 5.20. The molecule has 1 aliphatic carbocycles. The van der Waals surface area contributed by atoms with Gasteiger partial charge >= 0.3 is 0 Å². The Hall–Kier alpha value is -0.620. The van der Waals surface area contributed by atoms with Gasteiger partial charge in [-0.1, -0.05) is 27.7 Å². The summed E-state index contributed by atoms with van der Waals surface area (Å²) < 4.78 is 22.8. The average molecular weight is 302 g/mol. The fraction of sp³-hybridized carbons (Fsp3) is 0.929. The lowest BCUT2D eigenvalue weighted by Crippen LogP contribution is -2.76. The first-order valence-corrected chi connectivity index (χ1v) is 9.04. The van der Waals surface area contributed by atoms with Gasteiger partial charge in [0, 0.05) is 29.3 Å². The third kappa shape index (κ3) is 2.60. The van der Waals surface area contributed by atoms with Gasteiger partial charge < -0.3 is 11.1 Å². The fourth-order valence-corrected chi connectivity index (χ4v) is 5.93. The van der Waals surface area contributed by atoms with E-state index in [4.69, 9.17) is 5.73 Å². The van der Waals surface area contributed by atoms with Crippen molar-refractivity contribution in [3.63, 3.8) is 0 Å². The van der Waals surface area contributed by atoms with E-state index in [9.17, 15) is 13.2 Å². The molecule has 2 aliphatic rings. The molecule has 116 valence electrons. The Morgan fingerprint density at radius 2 is 1.80 bits per heavy atom. The molecule has 0 aromatic heterocycles. The van der Waals surface area contributed by atoms with Crippen molar-refractivity contribution in [1.82, 2.24) is 5.32 Å². The fourth-order valence-electron chi connectivity index (χ4n) is 4.07. The molecular weight excluding hydrogens is 276 g/mol. The van der Waals surface area contributed by atoms with Crippen LogP contribution in [0.3, 0.4) is 0 Å². The van der Waals surface area contributed by atoms with Crippen LogP contribution in [0.2, 0.25) is 0 Å². The number of sulfone groups is 1. The van der Waals surface area contributed by atoms with E-state index >= 15 is 0 Å². The second kappa shape index (κ2) is 4.70. The predicted octanol–water partition coefficient (Wildman–Crippen LogP) is 0.689. The minimum atomic E-state index is -2.92. The van der Waals surface area contributed by atoms with Gasteiger partial charge in [0.1, 0.15) is 0 Å². The van der Waals surface area contributed by atoms with Gasteiger partial charge in [0.05, 0.1) is 11.5 Å². The normalized spacial score (nSPS) is 37.1. The molecule has 3 N–H and O–H groups in total. The summed E-state index contributed by atoms with van der Waals surface area (Å²) in [5.74, 6) is 0.290. The number of carbonyl (C=O) groups excluding carboxylic acids is 1. The van der Waals surface area contributed by atoms with E-state index in [0.29, 0.717) is 12.8 Å². The lowest BCUT2D eigenvalue weighted by Gasteiger charge is -2.63. The van der Waals surface area contributed by atoms with Crippen molar-refractivity contribution >= 4 is 15.7 Å². The molecule has 2 fully saturated rings. The quantitative estimate of drug-likeness (QED) is 0.802. The van der Waals surface area contributed by atoms with Crippen molar-refractivity contribution in [3.05, 3.63) is 0 Å². The third-order valence-corrected chi connectivity index (χ3v) is 7.03. The maximum Gasteiger partial charge on any atom is 0.220 e. The Balaban J connectivity index is 1.93. The minimum absolute atomic E-state index is 0.0278. The van der Waals surface area contributed by atoms with Gasteiger partial charge in [-0.05, 0) is 12.3 Å². The maximum absolute atomic E-state index is 12.1. The molecule has 1 heterocycles. The zero-order valence-electron chi connectivity index (χ0n) is 12.8. The molecule has 1 unspecified atom stereocenters. The summed E-state index contributed by atoms with van der Waals surface area (Å²) in [7, 11) is -2.92. The second-order valence-corrected chi connectivity index (χ2v) is 9.82. The van der Waals surface area contributed by atoms with E-state index in [2.05, 4.69) is 33.0 Å². The number of hydrogen-bond donors (Lipinski definition) is 2. The van der Waals surface area contributed by atoms with Crippen LogP contribution in [0, 0.1) is 16.7 Å². The highest BCUT2D eigenvalue weighted by Crippen LogP contribution is 2.52. The molecule has 1 aliphatic heterocycles. The van der Waals surface area contributed by atoms with Crippen molar-refractivity contribution in [2.24, 2.45) is 22.5 Å². The van der Waals surface area contributed by atoms with Crippen LogP contribution in [-0.4, -0.2) is 37.9 Å². The van der Waals surface area contributed by atoms with Gasteiger partial charge in [-0.25, -0.2) is 8.42 Å². The molecule has 1 saturated carbocycles. The second-order valence-electron chi connectivity index (χ2n) is 7.59. The van der Waals surface area contributed by atoms with Gasteiger partial charge in [-0.3, -0.25) is 4.79 Å². The van der Waals surface area contributed by atoms with E-state index in [0.717, 1.165) is 0 Å². The number of rotatable bonds is 3. The van der Waals surface area contributed by atoms with Gasteiger partial charge in [0.25, 0.3) is 0 Å². The molecule has 0 aromatic rings. The first-order valence-electron chi connectivity index (χ1n) is 7.22. The van der Waals surface area contributed by atoms with E-state index in [1.807, 2.05) is 0 Å². The first kappa shape index (κ1) is 15.8. The predicted molar refractivity (Wildman–Crippen MR) is 78.8 cm³/mol. The number of carbonyl (C=O) groups is 1. The van der Waals surface area contributed by atoms with Crippen molar-refractivity contribution in [3.8, 4) is 0 Å². The van der Waals surface area contributed by atoms with Gasteiger partial charge in [-0.15, -0.1) is 0 Å². The van der Waals surface area contributed by atoms with E-state index in [1.165, 1.54) is 0 Å². The molecule has 1 atom stereocenters. The standard InChI is InChI=1S/C14H26N2O3S/c1-13(2)11(15)14(3,4)12(13)16-10(17)7-9-5-6-20(18,19)8-9/h9,11-12H,5-8,15H2,1-4H3,(H,16,17). The van der Waals surface area contributed by atoms with Crippen LogP contribution in [0.4, 0.5) is 0 Å². The highest BCUT2D eigenvalue weighted by atomic mass is 32.2. The van der Waals surface area contributed by atoms with Crippen molar-refractivity contribution in [1.29, 1.82) is 0 Å². The summed E-state index contributed by atoms with van der Waals surface area (Å²) >= 11 is 0. The topological polar surface area (TPSA) is 89.3 Å². The zero-order valence-corrected chi connectivity index (χ0v) is 13.6. The number of hydrogen-bond acceptors (Lipinski definition) is 4. The monoisotopic (exact) mass is 302 g/mol. The first-order chi connectivity index (χ1) is 8.97. The lowest BCUT2D eigenvalue weighted by atomic mass is 9.48. The molecule has 5 nitrogen and oxygen atoms in total. The smallest absolute Gasteiger partial charge is 0.220 e. The van der Waals surface area contributed by atoms with Crippen molar-refractivity contribution in [2.75, 3.05) is 11.5 Å². The highest BCUT2D eigenvalue weighted by molar-refractivity contribution is 7.91. The van der Waals surface area contributed by atoms with E-state index in [1.54, 1.807) is 0 Å². The summed E-state index contributed by atoms with van der Waals surface area (Å²) in [6.45, 7) is 8.25. The van der Waals surface area contributed by atoms with E-state index < -0.39 is 9.84 Å². The summed E-state index contributed by atoms with van der Waals surface area (Å²) in [6.07, 6.45) is 0.907. The molecular formula is C14H26N2O3S. The molecule has 1 amide bonds. The Morgan fingerprint density at radius 3 is 2.25 bits per heavy atom. The zero-order chi connectivity index (χ0) is 15.3. The molecule has 0 aromatic carbocycles. The van der Waals surface area contributed by atoms with Crippen LogP contribution in [0.5, 0.6) is 0 Å². The Morgan fingerprint density at radius 1 is 1.25 bits per heavy atom. The molecule has 0 bridgehead atoms. The SMILES string of the molecule is CC1(C)C(N)C(C)(C)C1NC(=O)CC1CCS(=O)(=O)C1. The number of nitrogens with two attached hydrogens (primary N) is 1. The molecule has 6 heteroatoms. The number of amides is 1. The summed E-state index contributed by atoms with van der Waals surface area (Å²) in [4.78, 5) is 12.1. The Labute approximate surface area is 121 Å². The molecule has 0 radical (unpaired) electrons. The van der Waals surface area contributed by atoms with E-state index in [-0.39, 0.29) is 46.2 Å². The van der Waals surface area contributed by atoms with Crippen LogP contribution in [0.15, 0.2) is 0 Å². The number of nitrogens with one attached hydrogen (secondary N) is 1. The van der Waals surface area contributed by atoms with Crippen LogP contribution < -0.4 is 11.1 Å². The van der Waals surface area contributed by atoms with Crippen LogP contribution in [0.25, 0.3) is 0 Å².